The summed E-state index contributed by atoms with van der Waals surface area (Å²) in [6.07, 6.45) is 0.847. The number of amides is 2. The third-order valence-corrected chi connectivity index (χ3v) is 4.99. The van der Waals surface area contributed by atoms with E-state index in [1.807, 2.05) is 44.2 Å². The number of para-hydroxylation sites is 1. The molecular weight excluding hydrogens is 344 g/mol. The first kappa shape index (κ1) is 20.0. The van der Waals surface area contributed by atoms with Gasteiger partial charge >= 0.3 is 0 Å². The van der Waals surface area contributed by atoms with E-state index < -0.39 is 0 Å². The van der Waals surface area contributed by atoms with Gasteiger partial charge in [0.15, 0.2) is 0 Å². The van der Waals surface area contributed by atoms with Crippen LogP contribution in [0.2, 0.25) is 0 Å². The van der Waals surface area contributed by atoms with Crippen molar-refractivity contribution in [2.45, 2.75) is 50.3 Å². The van der Waals surface area contributed by atoms with Gasteiger partial charge in [-0.15, -0.1) is 11.8 Å². The molecule has 0 spiro atoms. The first-order valence-corrected chi connectivity index (χ1v) is 9.77. The van der Waals surface area contributed by atoms with E-state index in [9.17, 15) is 9.59 Å². The van der Waals surface area contributed by atoms with Crippen LogP contribution in [0.5, 0.6) is 0 Å². The van der Waals surface area contributed by atoms with Crippen LogP contribution in [0.15, 0.2) is 53.4 Å². The maximum Gasteiger partial charge on any atom is 0.256 e. The van der Waals surface area contributed by atoms with Crippen molar-refractivity contribution in [2.24, 2.45) is 0 Å². The van der Waals surface area contributed by atoms with Gasteiger partial charge in [-0.3, -0.25) is 9.59 Å². The Morgan fingerprint density at radius 1 is 0.923 bits per heavy atom. The SMILES string of the molecule is CC[C@H](C)NC(=O)c1ccccc1NC(=O)c1ccccc1SC(C)C. The minimum Gasteiger partial charge on any atom is -0.350 e. The minimum atomic E-state index is -0.211. The molecule has 0 heterocycles. The molecule has 1 atom stereocenters. The summed E-state index contributed by atoms with van der Waals surface area (Å²) in [4.78, 5) is 26.2. The summed E-state index contributed by atoms with van der Waals surface area (Å²) < 4.78 is 0. The Morgan fingerprint density at radius 2 is 1.54 bits per heavy atom. The Hall–Kier alpha value is -2.27. The number of rotatable bonds is 7. The molecule has 0 aromatic heterocycles. The summed E-state index contributed by atoms with van der Waals surface area (Å²) in [5.74, 6) is -0.391. The first-order valence-electron chi connectivity index (χ1n) is 8.89. The third kappa shape index (κ3) is 5.36. The Balaban J connectivity index is 2.24. The van der Waals surface area contributed by atoms with Gasteiger partial charge in [-0.25, -0.2) is 0 Å². The molecule has 0 radical (unpaired) electrons. The van der Waals surface area contributed by atoms with Gasteiger partial charge in [0, 0.05) is 16.2 Å². The zero-order chi connectivity index (χ0) is 19.1. The lowest BCUT2D eigenvalue weighted by atomic mass is 10.1. The van der Waals surface area contributed by atoms with Crippen molar-refractivity contribution >= 4 is 29.3 Å². The fourth-order valence-electron chi connectivity index (χ4n) is 2.39. The molecule has 0 aliphatic rings. The molecule has 2 aromatic rings. The van der Waals surface area contributed by atoms with Gasteiger partial charge in [0.1, 0.15) is 0 Å². The Kier molecular flexibility index (Phi) is 7.27. The van der Waals surface area contributed by atoms with E-state index in [0.29, 0.717) is 22.1 Å². The molecule has 0 saturated heterocycles. The molecule has 0 fully saturated rings. The van der Waals surface area contributed by atoms with Crippen LogP contribution < -0.4 is 10.6 Å². The van der Waals surface area contributed by atoms with Gasteiger partial charge in [0.2, 0.25) is 0 Å². The zero-order valence-corrected chi connectivity index (χ0v) is 16.5. The van der Waals surface area contributed by atoms with Crippen LogP contribution in [0.25, 0.3) is 0 Å². The Bertz CT molecular complexity index is 774. The van der Waals surface area contributed by atoms with Gasteiger partial charge in [-0.2, -0.15) is 0 Å². The molecule has 0 bridgehead atoms. The first-order chi connectivity index (χ1) is 12.4. The lowest BCUT2D eigenvalue weighted by molar-refractivity contribution is 0.0940. The highest BCUT2D eigenvalue weighted by Crippen LogP contribution is 2.27. The maximum absolute atomic E-state index is 12.8. The molecule has 2 amide bonds. The molecule has 2 aromatic carbocycles. The number of carbonyl (C=O) groups excluding carboxylic acids is 2. The van der Waals surface area contributed by atoms with E-state index in [-0.39, 0.29) is 17.9 Å². The van der Waals surface area contributed by atoms with E-state index in [1.54, 1.807) is 30.0 Å². The molecule has 2 rings (SSSR count). The van der Waals surface area contributed by atoms with Crippen LogP contribution >= 0.6 is 11.8 Å². The molecular formula is C21H26N2O2S. The van der Waals surface area contributed by atoms with Crippen molar-refractivity contribution in [2.75, 3.05) is 5.32 Å². The van der Waals surface area contributed by atoms with Gasteiger partial charge in [-0.1, -0.05) is 45.0 Å². The van der Waals surface area contributed by atoms with Crippen molar-refractivity contribution < 1.29 is 9.59 Å². The minimum absolute atomic E-state index is 0.0782. The van der Waals surface area contributed by atoms with Gasteiger partial charge < -0.3 is 10.6 Å². The van der Waals surface area contributed by atoms with Gasteiger partial charge in [0.25, 0.3) is 11.8 Å². The average Bonchev–Trinajstić information content (AvgIpc) is 2.61. The van der Waals surface area contributed by atoms with Crippen molar-refractivity contribution in [3.05, 3.63) is 59.7 Å². The lowest BCUT2D eigenvalue weighted by Crippen LogP contribution is -2.32. The monoisotopic (exact) mass is 370 g/mol. The van der Waals surface area contributed by atoms with Crippen LogP contribution in [0, 0.1) is 0 Å². The summed E-state index contributed by atoms with van der Waals surface area (Å²) in [7, 11) is 0. The van der Waals surface area contributed by atoms with E-state index in [4.69, 9.17) is 0 Å². The maximum atomic E-state index is 12.8. The van der Waals surface area contributed by atoms with Crippen LogP contribution in [0.3, 0.4) is 0 Å². The number of hydrogen-bond donors (Lipinski definition) is 2. The van der Waals surface area contributed by atoms with Gasteiger partial charge in [-0.05, 0) is 37.6 Å². The van der Waals surface area contributed by atoms with Crippen LogP contribution in [0.4, 0.5) is 5.69 Å². The molecule has 0 saturated carbocycles. The number of thioether (sulfide) groups is 1. The molecule has 138 valence electrons. The second-order valence-corrected chi connectivity index (χ2v) is 8.06. The smallest absolute Gasteiger partial charge is 0.256 e. The number of anilines is 1. The van der Waals surface area contributed by atoms with Crippen LogP contribution in [0.1, 0.15) is 54.8 Å². The fourth-order valence-corrected chi connectivity index (χ4v) is 3.35. The average molecular weight is 371 g/mol. The van der Waals surface area contributed by atoms with Crippen LogP contribution in [-0.2, 0) is 0 Å². The molecule has 0 aliphatic carbocycles. The predicted molar refractivity (Wildman–Crippen MR) is 109 cm³/mol. The predicted octanol–water partition coefficient (Wildman–Crippen LogP) is 4.97. The zero-order valence-electron chi connectivity index (χ0n) is 15.7. The van der Waals surface area contributed by atoms with Crippen molar-refractivity contribution in [1.29, 1.82) is 0 Å². The molecule has 4 nitrogen and oxygen atoms in total. The van der Waals surface area contributed by atoms with Crippen molar-refractivity contribution in [3.63, 3.8) is 0 Å². The Labute approximate surface area is 159 Å². The molecule has 26 heavy (non-hydrogen) atoms. The van der Waals surface area contributed by atoms with Gasteiger partial charge in [0.05, 0.1) is 16.8 Å². The summed E-state index contributed by atoms with van der Waals surface area (Å²) >= 11 is 1.65. The van der Waals surface area contributed by atoms with E-state index in [0.717, 1.165) is 11.3 Å². The normalized spacial score (nSPS) is 11.9. The summed E-state index contributed by atoms with van der Waals surface area (Å²) in [5.41, 5.74) is 1.60. The fraction of sp³-hybridized carbons (Fsp3) is 0.333. The molecule has 2 N–H and O–H groups in total. The quantitative estimate of drug-likeness (QED) is 0.677. The highest BCUT2D eigenvalue weighted by molar-refractivity contribution is 8.00. The number of hydrogen-bond acceptors (Lipinski definition) is 3. The summed E-state index contributed by atoms with van der Waals surface area (Å²) in [6.45, 7) is 8.15. The summed E-state index contributed by atoms with van der Waals surface area (Å²) in [6, 6.07) is 14.7. The number of nitrogens with one attached hydrogen (secondary N) is 2. The largest absolute Gasteiger partial charge is 0.350 e. The van der Waals surface area contributed by atoms with Crippen molar-refractivity contribution in [3.8, 4) is 0 Å². The highest BCUT2D eigenvalue weighted by atomic mass is 32.2. The standard InChI is InChI=1S/C21H26N2O2S/c1-5-15(4)22-20(24)16-10-6-8-12-18(16)23-21(25)17-11-7-9-13-19(17)26-14(2)3/h6-15H,5H2,1-4H3,(H,22,24)(H,23,25)/t15-/m0/s1. The van der Waals surface area contributed by atoms with E-state index >= 15 is 0 Å². The third-order valence-electron chi connectivity index (χ3n) is 3.90. The lowest BCUT2D eigenvalue weighted by Gasteiger charge is -2.15. The van der Waals surface area contributed by atoms with Crippen molar-refractivity contribution in [1.82, 2.24) is 5.32 Å². The van der Waals surface area contributed by atoms with E-state index in [1.165, 1.54) is 0 Å². The molecule has 0 unspecified atom stereocenters. The highest BCUT2D eigenvalue weighted by Gasteiger charge is 2.17. The second kappa shape index (κ2) is 9.43. The second-order valence-electron chi connectivity index (χ2n) is 6.45. The Morgan fingerprint density at radius 3 is 2.19 bits per heavy atom. The van der Waals surface area contributed by atoms with E-state index in [2.05, 4.69) is 24.5 Å². The number of benzene rings is 2. The molecule has 5 heteroatoms. The number of carbonyl (C=O) groups is 2. The topological polar surface area (TPSA) is 58.2 Å². The summed E-state index contributed by atoms with van der Waals surface area (Å²) in [5, 5.41) is 6.21. The van der Waals surface area contributed by atoms with Crippen LogP contribution in [-0.4, -0.2) is 23.1 Å². The molecule has 0 aliphatic heterocycles.